The van der Waals surface area contributed by atoms with Gasteiger partial charge in [0.15, 0.2) is 0 Å². The van der Waals surface area contributed by atoms with Crippen LogP contribution in [-0.4, -0.2) is 11.5 Å². The van der Waals surface area contributed by atoms with Crippen molar-refractivity contribution in [3.63, 3.8) is 0 Å². The lowest BCUT2D eigenvalue weighted by molar-refractivity contribution is 0.366. The summed E-state index contributed by atoms with van der Waals surface area (Å²) in [6.07, 6.45) is 2.25. The number of hydrogen-bond donors (Lipinski definition) is 1. The summed E-state index contributed by atoms with van der Waals surface area (Å²) in [4.78, 5) is 4.52. The number of aryl methyl sites for hydroxylation is 1. The van der Waals surface area contributed by atoms with E-state index < -0.39 is 0 Å². The molecule has 0 atom stereocenters. The number of hydrogen-bond acceptors (Lipinski definition) is 3. The summed E-state index contributed by atoms with van der Waals surface area (Å²) in [5.74, 6) is 0. The minimum absolute atomic E-state index is 0.420. The van der Waals surface area contributed by atoms with Crippen LogP contribution in [-0.2, 0) is 13.0 Å². The zero-order chi connectivity index (χ0) is 11.3. The van der Waals surface area contributed by atoms with E-state index in [0.717, 1.165) is 19.5 Å². The van der Waals surface area contributed by atoms with Gasteiger partial charge in [0.1, 0.15) is 0 Å². The quantitative estimate of drug-likeness (QED) is 0.780. The average molecular weight is 226 g/mol. The van der Waals surface area contributed by atoms with E-state index in [4.69, 9.17) is 0 Å². The first-order valence-corrected chi connectivity index (χ1v) is 6.53. The van der Waals surface area contributed by atoms with Gasteiger partial charge in [0.2, 0.25) is 0 Å². The topological polar surface area (TPSA) is 24.9 Å². The molecule has 3 heteroatoms. The molecule has 0 saturated carbocycles. The van der Waals surface area contributed by atoms with Gasteiger partial charge in [0.05, 0.1) is 10.7 Å². The molecule has 0 spiro atoms. The van der Waals surface area contributed by atoms with E-state index in [1.807, 2.05) is 0 Å². The van der Waals surface area contributed by atoms with Gasteiger partial charge in [-0.15, -0.1) is 11.3 Å². The molecule has 86 valence electrons. The Balaban J connectivity index is 2.20. The van der Waals surface area contributed by atoms with Gasteiger partial charge in [-0.2, -0.15) is 0 Å². The molecule has 0 saturated heterocycles. The standard InChI is InChI=1S/C12H22N2S/c1-5-11-14-10(9-15-11)8-13-7-6-12(2,3)4/h9,13H,5-8H2,1-4H3. The molecule has 1 heterocycles. The summed E-state index contributed by atoms with van der Waals surface area (Å²) in [6, 6.07) is 0. The summed E-state index contributed by atoms with van der Waals surface area (Å²) in [6.45, 7) is 10.9. The highest BCUT2D eigenvalue weighted by atomic mass is 32.1. The van der Waals surface area contributed by atoms with Crippen LogP contribution in [0.5, 0.6) is 0 Å². The van der Waals surface area contributed by atoms with E-state index >= 15 is 0 Å². The maximum absolute atomic E-state index is 4.52. The lowest BCUT2D eigenvalue weighted by Crippen LogP contribution is -2.20. The van der Waals surface area contributed by atoms with Crippen LogP contribution in [0.15, 0.2) is 5.38 Å². The van der Waals surface area contributed by atoms with E-state index in [-0.39, 0.29) is 0 Å². The fraction of sp³-hybridized carbons (Fsp3) is 0.750. The lowest BCUT2D eigenvalue weighted by atomic mass is 9.92. The van der Waals surface area contributed by atoms with Crippen molar-refractivity contribution in [1.82, 2.24) is 10.3 Å². The maximum atomic E-state index is 4.52. The van der Waals surface area contributed by atoms with E-state index in [1.165, 1.54) is 17.1 Å². The molecular weight excluding hydrogens is 204 g/mol. The molecule has 0 unspecified atom stereocenters. The Kier molecular flexibility index (Phi) is 4.74. The first-order chi connectivity index (χ1) is 7.01. The third kappa shape index (κ3) is 5.28. The molecule has 1 N–H and O–H groups in total. The zero-order valence-electron chi connectivity index (χ0n) is 10.3. The van der Waals surface area contributed by atoms with Gasteiger partial charge >= 0.3 is 0 Å². The van der Waals surface area contributed by atoms with Gasteiger partial charge in [-0.3, -0.25) is 0 Å². The SMILES string of the molecule is CCc1nc(CNCCC(C)(C)C)cs1. The van der Waals surface area contributed by atoms with Crippen LogP contribution < -0.4 is 5.32 Å². The van der Waals surface area contributed by atoms with Crippen LogP contribution in [0.4, 0.5) is 0 Å². The van der Waals surface area contributed by atoms with Crippen LogP contribution in [0.2, 0.25) is 0 Å². The van der Waals surface area contributed by atoms with Crippen LogP contribution in [0, 0.1) is 5.41 Å². The highest BCUT2D eigenvalue weighted by Gasteiger charge is 2.08. The van der Waals surface area contributed by atoms with Crippen molar-refractivity contribution in [2.75, 3.05) is 6.54 Å². The summed E-state index contributed by atoms with van der Waals surface area (Å²) in [7, 11) is 0. The summed E-state index contributed by atoms with van der Waals surface area (Å²) < 4.78 is 0. The van der Waals surface area contributed by atoms with Crippen molar-refractivity contribution in [2.24, 2.45) is 5.41 Å². The minimum Gasteiger partial charge on any atom is -0.311 e. The Morgan fingerprint density at radius 2 is 2.13 bits per heavy atom. The number of nitrogens with zero attached hydrogens (tertiary/aromatic N) is 1. The highest BCUT2D eigenvalue weighted by molar-refractivity contribution is 7.09. The van der Waals surface area contributed by atoms with Crippen LogP contribution in [0.1, 0.15) is 44.8 Å². The molecule has 0 aliphatic heterocycles. The number of thiazole rings is 1. The van der Waals surface area contributed by atoms with Gasteiger partial charge in [-0.25, -0.2) is 4.98 Å². The van der Waals surface area contributed by atoms with Gasteiger partial charge in [-0.05, 0) is 24.8 Å². The molecule has 0 amide bonds. The Morgan fingerprint density at radius 1 is 1.40 bits per heavy atom. The van der Waals surface area contributed by atoms with Crippen molar-refractivity contribution in [1.29, 1.82) is 0 Å². The van der Waals surface area contributed by atoms with E-state index in [0.29, 0.717) is 5.41 Å². The van der Waals surface area contributed by atoms with Gasteiger partial charge in [0, 0.05) is 11.9 Å². The molecule has 0 aliphatic carbocycles. The number of aromatic nitrogens is 1. The second-order valence-corrected chi connectivity index (χ2v) is 6.02. The average Bonchev–Trinajstić information content (AvgIpc) is 2.59. The molecule has 0 radical (unpaired) electrons. The van der Waals surface area contributed by atoms with E-state index in [1.54, 1.807) is 11.3 Å². The van der Waals surface area contributed by atoms with Gasteiger partial charge < -0.3 is 5.32 Å². The third-order valence-electron chi connectivity index (χ3n) is 2.26. The highest BCUT2D eigenvalue weighted by Crippen LogP contribution is 2.17. The Hall–Kier alpha value is -0.410. The Labute approximate surface area is 97.1 Å². The Bertz CT molecular complexity index is 286. The van der Waals surface area contributed by atoms with Crippen molar-refractivity contribution in [3.05, 3.63) is 16.1 Å². The summed E-state index contributed by atoms with van der Waals surface area (Å²) >= 11 is 1.76. The molecule has 1 aromatic heterocycles. The molecule has 0 aliphatic rings. The first kappa shape index (κ1) is 12.7. The molecule has 2 nitrogen and oxygen atoms in total. The monoisotopic (exact) mass is 226 g/mol. The predicted octanol–water partition coefficient (Wildman–Crippen LogP) is 3.23. The van der Waals surface area contributed by atoms with E-state index in [2.05, 4.69) is 43.4 Å². The van der Waals surface area contributed by atoms with Crippen molar-refractivity contribution >= 4 is 11.3 Å². The molecule has 0 fully saturated rings. The largest absolute Gasteiger partial charge is 0.311 e. The summed E-state index contributed by atoms with van der Waals surface area (Å²) in [5.41, 5.74) is 1.61. The fourth-order valence-electron chi connectivity index (χ4n) is 1.27. The third-order valence-corrected chi connectivity index (χ3v) is 3.30. The van der Waals surface area contributed by atoms with Gasteiger partial charge in [-0.1, -0.05) is 27.7 Å². The maximum Gasteiger partial charge on any atom is 0.0926 e. The number of nitrogens with one attached hydrogen (secondary N) is 1. The lowest BCUT2D eigenvalue weighted by Gasteiger charge is -2.17. The molecule has 1 rings (SSSR count). The van der Waals surface area contributed by atoms with Crippen molar-refractivity contribution in [2.45, 2.75) is 47.1 Å². The second kappa shape index (κ2) is 5.61. The fourth-order valence-corrected chi connectivity index (χ4v) is 2.02. The molecule has 0 bridgehead atoms. The van der Waals surface area contributed by atoms with E-state index in [9.17, 15) is 0 Å². The molecule has 0 aromatic carbocycles. The zero-order valence-corrected chi connectivity index (χ0v) is 11.1. The first-order valence-electron chi connectivity index (χ1n) is 5.65. The Morgan fingerprint density at radius 3 is 2.67 bits per heavy atom. The molecule has 15 heavy (non-hydrogen) atoms. The van der Waals surface area contributed by atoms with Gasteiger partial charge in [0.25, 0.3) is 0 Å². The van der Waals surface area contributed by atoms with Crippen molar-refractivity contribution in [3.8, 4) is 0 Å². The minimum atomic E-state index is 0.420. The predicted molar refractivity (Wildman–Crippen MR) is 67.3 cm³/mol. The normalized spacial score (nSPS) is 12.0. The molecule has 1 aromatic rings. The second-order valence-electron chi connectivity index (χ2n) is 5.07. The van der Waals surface area contributed by atoms with Crippen LogP contribution in [0.25, 0.3) is 0 Å². The molecular formula is C12H22N2S. The van der Waals surface area contributed by atoms with Crippen LogP contribution >= 0.6 is 11.3 Å². The summed E-state index contributed by atoms with van der Waals surface area (Å²) in [5, 5.41) is 6.83. The smallest absolute Gasteiger partial charge is 0.0926 e. The van der Waals surface area contributed by atoms with Crippen molar-refractivity contribution < 1.29 is 0 Å². The van der Waals surface area contributed by atoms with Crippen LogP contribution in [0.3, 0.4) is 0 Å². The number of rotatable bonds is 5.